The molecule has 0 radical (unpaired) electrons. The molecule has 3 unspecified atom stereocenters. The van der Waals surface area contributed by atoms with E-state index in [1.807, 2.05) is 0 Å². The Kier molecular flexibility index (Phi) is 40.6. The van der Waals surface area contributed by atoms with Gasteiger partial charge in [-0.15, -0.1) is 0 Å². The molecule has 262 valence electrons. The zero-order valence-electron chi connectivity index (χ0n) is 25.5. The molecule has 0 aliphatic heterocycles. The first-order valence-corrected chi connectivity index (χ1v) is 28.8. The SMILES string of the molecule is C.C.C.C.C.C.C.CCCC[Si](C)(O[Si](C)(C)C)O[Si](C)(C)O[Si](C)(CCCCCCCC(C)CC)O[Si](C)(C)C. The van der Waals surface area contributed by atoms with Gasteiger partial charge in [0.2, 0.25) is 0 Å². The van der Waals surface area contributed by atoms with Crippen LogP contribution in [0.4, 0.5) is 0 Å². The van der Waals surface area contributed by atoms with Gasteiger partial charge in [0.05, 0.1) is 0 Å². The molecule has 0 N–H and O–H groups in total. The van der Waals surface area contributed by atoms with E-state index >= 15 is 0 Å². The summed E-state index contributed by atoms with van der Waals surface area (Å²) in [5, 5.41) is 0. The van der Waals surface area contributed by atoms with E-state index in [1.165, 1.54) is 51.4 Å². The van der Waals surface area contributed by atoms with Crippen LogP contribution in [0.2, 0.25) is 77.6 Å². The van der Waals surface area contributed by atoms with Gasteiger partial charge < -0.3 is 16.5 Å². The zero-order valence-corrected chi connectivity index (χ0v) is 30.5. The van der Waals surface area contributed by atoms with Crippen molar-refractivity contribution < 1.29 is 16.5 Å². The number of unbranched alkanes of at least 4 members (excludes halogenated alkanes) is 5. The van der Waals surface area contributed by atoms with Crippen LogP contribution in [0.15, 0.2) is 0 Å². The van der Waals surface area contributed by atoms with Crippen molar-refractivity contribution in [1.82, 2.24) is 0 Å². The molecular weight excluding hydrogens is 589 g/mol. The highest BCUT2D eigenvalue weighted by atomic mass is 28.5. The molecule has 0 heterocycles. The monoisotopic (exact) mass is 679 g/mol. The Bertz CT molecular complexity index is 553. The minimum Gasteiger partial charge on any atom is -0.437 e. The molecule has 0 rings (SSSR count). The molecule has 4 nitrogen and oxygen atoms in total. The molecule has 0 aliphatic carbocycles. The third-order valence-corrected chi connectivity index (χ3v) is 24.2. The van der Waals surface area contributed by atoms with Crippen LogP contribution in [0.1, 0.15) is 131 Å². The average molecular weight is 679 g/mol. The van der Waals surface area contributed by atoms with Gasteiger partial charge in [-0.3, -0.25) is 0 Å². The third kappa shape index (κ3) is 33.7. The van der Waals surface area contributed by atoms with Crippen LogP contribution in [-0.2, 0) is 16.5 Å². The van der Waals surface area contributed by atoms with Gasteiger partial charge in [0.25, 0.3) is 0 Å². The van der Waals surface area contributed by atoms with Gasteiger partial charge in [0, 0.05) is 0 Å². The molecule has 0 aromatic rings. The second-order valence-electron chi connectivity index (χ2n) is 13.2. The van der Waals surface area contributed by atoms with Crippen molar-refractivity contribution in [2.24, 2.45) is 5.92 Å². The van der Waals surface area contributed by atoms with E-state index in [4.69, 9.17) is 16.5 Å². The lowest BCUT2D eigenvalue weighted by Gasteiger charge is -2.44. The molecule has 0 aliphatic rings. The fourth-order valence-corrected chi connectivity index (χ4v) is 28.6. The van der Waals surface area contributed by atoms with Gasteiger partial charge in [0.1, 0.15) is 0 Å². The van der Waals surface area contributed by atoms with Gasteiger partial charge in [-0.2, -0.15) is 0 Å². The van der Waals surface area contributed by atoms with E-state index in [0.29, 0.717) is 0 Å². The number of hydrogen-bond acceptors (Lipinski definition) is 4. The van der Waals surface area contributed by atoms with Crippen LogP contribution in [0.3, 0.4) is 0 Å². The molecular formula is C32H90O4Si5. The van der Waals surface area contributed by atoms with E-state index in [1.54, 1.807) is 0 Å². The van der Waals surface area contributed by atoms with Gasteiger partial charge >= 0.3 is 25.7 Å². The molecule has 0 saturated heterocycles. The van der Waals surface area contributed by atoms with E-state index in [2.05, 4.69) is 86.2 Å². The summed E-state index contributed by atoms with van der Waals surface area (Å²) in [6.45, 7) is 29.7. The molecule has 0 saturated carbocycles. The maximum Gasteiger partial charge on any atom is 0.315 e. The molecule has 0 fully saturated rings. The summed E-state index contributed by atoms with van der Waals surface area (Å²) in [6, 6.07) is 2.13. The first-order chi connectivity index (χ1) is 15.3. The Hall–Kier alpha value is 0.924. The number of hydrogen-bond donors (Lipinski definition) is 0. The quantitative estimate of drug-likeness (QED) is 0.0948. The van der Waals surface area contributed by atoms with E-state index in [-0.39, 0.29) is 52.0 Å². The molecule has 9 heteroatoms. The second-order valence-corrected chi connectivity index (χ2v) is 33.3. The maximum atomic E-state index is 7.00. The Morgan fingerprint density at radius 3 is 1.15 bits per heavy atom. The maximum absolute atomic E-state index is 7.00. The molecule has 0 bridgehead atoms. The van der Waals surface area contributed by atoms with Gasteiger partial charge in [-0.1, -0.05) is 131 Å². The van der Waals surface area contributed by atoms with Crippen molar-refractivity contribution in [3.8, 4) is 0 Å². The summed E-state index contributed by atoms with van der Waals surface area (Å²) in [5.41, 5.74) is 0. The summed E-state index contributed by atoms with van der Waals surface area (Å²) in [6.07, 6.45) is 11.6. The van der Waals surface area contributed by atoms with Gasteiger partial charge in [0.15, 0.2) is 16.6 Å². The third-order valence-electron chi connectivity index (χ3n) is 5.98. The van der Waals surface area contributed by atoms with Crippen molar-refractivity contribution in [3.63, 3.8) is 0 Å². The van der Waals surface area contributed by atoms with Crippen LogP contribution >= 0.6 is 0 Å². The molecule has 3 atom stereocenters. The van der Waals surface area contributed by atoms with Crippen LogP contribution in [0.5, 0.6) is 0 Å². The lowest BCUT2D eigenvalue weighted by Crippen LogP contribution is -2.59. The molecule has 0 amide bonds. The Morgan fingerprint density at radius 2 is 0.805 bits per heavy atom. The highest BCUT2D eigenvalue weighted by Gasteiger charge is 2.47. The predicted octanol–water partition coefficient (Wildman–Crippen LogP) is 14.2. The van der Waals surface area contributed by atoms with Crippen LogP contribution in [0.25, 0.3) is 0 Å². The van der Waals surface area contributed by atoms with E-state index < -0.39 is 42.3 Å². The summed E-state index contributed by atoms with van der Waals surface area (Å²) in [7, 11) is -10.4. The first kappa shape index (κ1) is 61.0. The molecule has 0 spiro atoms. The molecule has 41 heavy (non-hydrogen) atoms. The number of rotatable bonds is 20. The normalized spacial score (nSPS) is 14.9. The molecule has 0 aromatic heterocycles. The summed E-state index contributed by atoms with van der Waals surface area (Å²) in [5.74, 6) is 0.873. The molecule has 0 aromatic carbocycles. The van der Waals surface area contributed by atoms with Crippen molar-refractivity contribution in [2.45, 2.75) is 208 Å². The first-order valence-electron chi connectivity index (χ1n) is 14.1. The van der Waals surface area contributed by atoms with Crippen molar-refractivity contribution in [3.05, 3.63) is 0 Å². The fourth-order valence-electron chi connectivity index (χ4n) is 4.77. The fraction of sp³-hybridized carbons (Fsp3) is 1.00. The van der Waals surface area contributed by atoms with Crippen LogP contribution in [-0.4, -0.2) is 42.3 Å². The highest BCUT2D eigenvalue weighted by Crippen LogP contribution is 2.31. The average Bonchev–Trinajstić information content (AvgIpc) is 2.61. The smallest absolute Gasteiger partial charge is 0.315 e. The Morgan fingerprint density at radius 1 is 0.463 bits per heavy atom. The summed E-state index contributed by atoms with van der Waals surface area (Å²) >= 11 is 0. The standard InChI is InChI=1S/C25H62O4Si5.7CH4/c1-14-16-23-33(12,26-30(4,5)6)28-32(10,11)29-34(13,27-31(7,8)9)24-21-19-17-18-20-22-25(3)15-2;;;;;;;/h25H,14-24H2,1-13H3;7*1H4. The highest BCUT2D eigenvalue weighted by molar-refractivity contribution is 6.90. The Labute approximate surface area is 271 Å². The van der Waals surface area contributed by atoms with Gasteiger partial charge in [-0.05, 0) is 83.5 Å². The van der Waals surface area contributed by atoms with Crippen LogP contribution < -0.4 is 0 Å². The lowest BCUT2D eigenvalue weighted by atomic mass is 10.0. The second kappa shape index (κ2) is 27.3. The lowest BCUT2D eigenvalue weighted by molar-refractivity contribution is 0.289. The van der Waals surface area contributed by atoms with Crippen molar-refractivity contribution >= 4 is 42.3 Å². The minimum absolute atomic E-state index is 0. The largest absolute Gasteiger partial charge is 0.437 e. The summed E-state index contributed by atoms with van der Waals surface area (Å²) < 4.78 is 27.5. The zero-order chi connectivity index (χ0) is 26.7. The van der Waals surface area contributed by atoms with Gasteiger partial charge in [-0.25, -0.2) is 0 Å². The van der Waals surface area contributed by atoms with E-state index in [0.717, 1.165) is 24.4 Å². The van der Waals surface area contributed by atoms with Crippen molar-refractivity contribution in [1.29, 1.82) is 0 Å². The predicted molar refractivity (Wildman–Crippen MR) is 211 cm³/mol. The summed E-state index contributed by atoms with van der Waals surface area (Å²) in [4.78, 5) is 0. The van der Waals surface area contributed by atoms with E-state index in [9.17, 15) is 0 Å². The van der Waals surface area contributed by atoms with Crippen molar-refractivity contribution in [2.75, 3.05) is 0 Å². The Balaban J connectivity index is -0.000000259. The topological polar surface area (TPSA) is 36.9 Å². The van der Waals surface area contributed by atoms with Crippen LogP contribution in [0, 0.1) is 5.92 Å². The minimum atomic E-state index is -2.40.